The van der Waals surface area contributed by atoms with E-state index in [-0.39, 0.29) is 6.03 Å². The fourth-order valence-corrected chi connectivity index (χ4v) is 4.46. The summed E-state index contributed by atoms with van der Waals surface area (Å²) in [6.45, 7) is 4.97. The Kier molecular flexibility index (Phi) is 6.00. The molecule has 0 radical (unpaired) electrons. The molecular formula is C27H29N5O. The highest BCUT2D eigenvalue weighted by atomic mass is 16.2. The lowest BCUT2D eigenvalue weighted by atomic mass is 10.1. The first-order valence-corrected chi connectivity index (χ1v) is 11.4. The molecule has 0 spiro atoms. The lowest BCUT2D eigenvalue weighted by molar-refractivity contribution is 0.250. The van der Waals surface area contributed by atoms with E-state index in [1.54, 1.807) is 0 Å². The number of hydrogen-bond acceptors (Lipinski definition) is 3. The minimum atomic E-state index is -0.237. The zero-order valence-corrected chi connectivity index (χ0v) is 18.9. The molecule has 0 atom stereocenters. The van der Waals surface area contributed by atoms with Gasteiger partial charge in [-0.2, -0.15) is 0 Å². The van der Waals surface area contributed by atoms with Crippen LogP contribution in [0.1, 0.15) is 5.56 Å². The Morgan fingerprint density at radius 1 is 0.818 bits per heavy atom. The van der Waals surface area contributed by atoms with Gasteiger partial charge in [-0.15, -0.1) is 0 Å². The Balaban J connectivity index is 1.16. The first-order valence-electron chi connectivity index (χ1n) is 11.4. The Morgan fingerprint density at radius 2 is 1.58 bits per heavy atom. The van der Waals surface area contributed by atoms with Crippen LogP contribution >= 0.6 is 0 Å². The number of carbonyl (C=O) groups is 1. The topological polar surface area (TPSA) is 52.5 Å². The van der Waals surface area contributed by atoms with Gasteiger partial charge in [-0.1, -0.05) is 30.3 Å². The molecule has 0 saturated carbocycles. The third kappa shape index (κ3) is 5.02. The number of nitrogens with zero attached hydrogens (tertiary/aromatic N) is 3. The number of aromatic nitrogens is 1. The predicted molar refractivity (Wildman–Crippen MR) is 136 cm³/mol. The average Bonchev–Trinajstić information content (AvgIpc) is 3.20. The number of benzene rings is 3. The molecule has 2 heterocycles. The summed E-state index contributed by atoms with van der Waals surface area (Å²) in [4.78, 5) is 17.5. The number of fused-ring (bicyclic) bond motifs is 1. The quantitative estimate of drug-likeness (QED) is 0.452. The van der Waals surface area contributed by atoms with Gasteiger partial charge in [-0.25, -0.2) is 4.79 Å². The molecule has 1 fully saturated rings. The van der Waals surface area contributed by atoms with Crippen molar-refractivity contribution in [3.05, 3.63) is 90.6 Å². The van der Waals surface area contributed by atoms with E-state index in [0.717, 1.165) is 55.0 Å². The number of rotatable bonds is 5. The van der Waals surface area contributed by atoms with Crippen LogP contribution in [-0.2, 0) is 13.6 Å². The summed E-state index contributed by atoms with van der Waals surface area (Å²) in [7, 11) is 2.01. The SMILES string of the molecule is Cn1ccc2cc(NC(=O)Nc3cccc(CN4CCN(c5ccccc5)CC4)c3)ccc21. The number of nitrogens with one attached hydrogen (secondary N) is 2. The molecule has 0 bridgehead atoms. The van der Waals surface area contributed by atoms with Crippen LogP contribution in [0, 0.1) is 0 Å². The van der Waals surface area contributed by atoms with Gasteiger partial charge in [-0.05, 0) is 54.1 Å². The van der Waals surface area contributed by atoms with Gasteiger partial charge in [0.1, 0.15) is 0 Å². The second kappa shape index (κ2) is 9.38. The highest BCUT2D eigenvalue weighted by Crippen LogP contribution is 2.21. The van der Waals surface area contributed by atoms with Crippen LogP contribution in [0.4, 0.5) is 21.9 Å². The number of piperazine rings is 1. The lowest BCUT2D eigenvalue weighted by Gasteiger charge is -2.36. The average molecular weight is 440 g/mol. The molecule has 4 aromatic rings. The van der Waals surface area contributed by atoms with Crippen molar-refractivity contribution in [2.24, 2.45) is 7.05 Å². The maximum atomic E-state index is 12.6. The van der Waals surface area contributed by atoms with E-state index in [2.05, 4.69) is 67.5 Å². The van der Waals surface area contributed by atoms with Crippen molar-refractivity contribution in [2.75, 3.05) is 41.7 Å². The minimum absolute atomic E-state index is 0.237. The van der Waals surface area contributed by atoms with E-state index >= 15 is 0 Å². The Labute approximate surface area is 194 Å². The molecule has 6 nitrogen and oxygen atoms in total. The van der Waals surface area contributed by atoms with E-state index in [1.165, 1.54) is 11.3 Å². The highest BCUT2D eigenvalue weighted by Gasteiger charge is 2.17. The fourth-order valence-electron chi connectivity index (χ4n) is 4.46. The van der Waals surface area contributed by atoms with Crippen LogP contribution in [0.3, 0.4) is 0 Å². The Hall–Kier alpha value is -3.77. The summed E-state index contributed by atoms with van der Waals surface area (Å²) in [6, 6.07) is 26.4. The molecule has 2 amide bonds. The molecule has 3 aromatic carbocycles. The minimum Gasteiger partial charge on any atom is -0.369 e. The van der Waals surface area contributed by atoms with Crippen molar-refractivity contribution in [2.45, 2.75) is 6.54 Å². The van der Waals surface area contributed by atoms with Crippen LogP contribution in [-0.4, -0.2) is 41.7 Å². The standard InChI is InChI=1S/C27H29N5O/c1-30-13-12-22-19-24(10-11-26(22)30)29-27(33)28-23-7-5-6-21(18-23)20-31-14-16-32(17-15-31)25-8-3-2-4-9-25/h2-13,18-19H,14-17,20H2,1H3,(H2,28,29,33). The van der Waals surface area contributed by atoms with Gasteiger partial charge in [0.05, 0.1) is 0 Å². The molecule has 2 N–H and O–H groups in total. The first-order chi connectivity index (χ1) is 16.1. The highest BCUT2D eigenvalue weighted by molar-refractivity contribution is 6.01. The zero-order valence-electron chi connectivity index (χ0n) is 18.9. The zero-order chi connectivity index (χ0) is 22.6. The monoisotopic (exact) mass is 439 g/mol. The number of aryl methyl sites for hydroxylation is 1. The van der Waals surface area contributed by atoms with Crippen molar-refractivity contribution in [1.82, 2.24) is 9.47 Å². The fraction of sp³-hybridized carbons (Fsp3) is 0.222. The molecule has 1 aromatic heterocycles. The van der Waals surface area contributed by atoms with E-state index in [1.807, 2.05) is 49.6 Å². The van der Waals surface area contributed by atoms with Crippen molar-refractivity contribution < 1.29 is 4.79 Å². The normalized spacial score (nSPS) is 14.4. The van der Waals surface area contributed by atoms with Crippen molar-refractivity contribution in [1.29, 1.82) is 0 Å². The van der Waals surface area contributed by atoms with Gasteiger partial charge < -0.3 is 20.1 Å². The summed E-state index contributed by atoms with van der Waals surface area (Å²) >= 11 is 0. The third-order valence-corrected chi connectivity index (χ3v) is 6.23. The smallest absolute Gasteiger partial charge is 0.323 e. The molecule has 168 valence electrons. The first kappa shape index (κ1) is 21.1. The molecule has 5 rings (SSSR count). The van der Waals surface area contributed by atoms with Crippen molar-refractivity contribution >= 4 is 34.0 Å². The molecular weight excluding hydrogens is 410 g/mol. The summed E-state index contributed by atoms with van der Waals surface area (Å²) in [5.41, 5.74) is 5.21. The third-order valence-electron chi connectivity index (χ3n) is 6.23. The predicted octanol–water partition coefficient (Wildman–Crippen LogP) is 5.14. The largest absolute Gasteiger partial charge is 0.369 e. The van der Waals surface area contributed by atoms with Gasteiger partial charge >= 0.3 is 6.03 Å². The van der Waals surface area contributed by atoms with E-state index in [4.69, 9.17) is 0 Å². The molecule has 1 aliphatic rings. The number of anilines is 3. The molecule has 33 heavy (non-hydrogen) atoms. The van der Waals surface area contributed by atoms with Crippen molar-refractivity contribution in [3.8, 4) is 0 Å². The second-order valence-electron chi connectivity index (χ2n) is 8.58. The Morgan fingerprint density at radius 3 is 2.36 bits per heavy atom. The molecule has 1 aliphatic heterocycles. The summed E-state index contributed by atoms with van der Waals surface area (Å²) < 4.78 is 2.06. The summed E-state index contributed by atoms with van der Waals surface area (Å²) in [5, 5.41) is 7.01. The van der Waals surface area contributed by atoms with Crippen LogP contribution < -0.4 is 15.5 Å². The van der Waals surface area contributed by atoms with Gasteiger partial charge in [0.25, 0.3) is 0 Å². The summed E-state index contributed by atoms with van der Waals surface area (Å²) in [6.07, 6.45) is 2.02. The summed E-state index contributed by atoms with van der Waals surface area (Å²) in [5.74, 6) is 0. The van der Waals surface area contributed by atoms with Crippen LogP contribution in [0.5, 0.6) is 0 Å². The van der Waals surface area contributed by atoms with Crippen LogP contribution in [0.2, 0.25) is 0 Å². The van der Waals surface area contributed by atoms with Gasteiger partial charge in [0.2, 0.25) is 0 Å². The van der Waals surface area contributed by atoms with E-state index in [0.29, 0.717) is 0 Å². The van der Waals surface area contributed by atoms with Crippen molar-refractivity contribution in [3.63, 3.8) is 0 Å². The molecule has 6 heteroatoms. The number of amides is 2. The van der Waals surface area contributed by atoms with Gasteiger partial charge in [-0.3, -0.25) is 4.90 Å². The van der Waals surface area contributed by atoms with E-state index in [9.17, 15) is 4.79 Å². The molecule has 0 unspecified atom stereocenters. The molecule has 1 saturated heterocycles. The van der Waals surface area contributed by atoms with Crippen LogP contribution in [0.15, 0.2) is 85.1 Å². The molecule has 0 aliphatic carbocycles. The van der Waals surface area contributed by atoms with Gasteiger partial charge in [0.15, 0.2) is 0 Å². The number of para-hydroxylation sites is 1. The second-order valence-corrected chi connectivity index (χ2v) is 8.58. The lowest BCUT2D eigenvalue weighted by Crippen LogP contribution is -2.45. The number of carbonyl (C=O) groups excluding carboxylic acids is 1. The number of hydrogen-bond donors (Lipinski definition) is 2. The van der Waals surface area contributed by atoms with E-state index < -0.39 is 0 Å². The maximum Gasteiger partial charge on any atom is 0.323 e. The van der Waals surface area contributed by atoms with Gasteiger partial charge in [0, 0.05) is 73.9 Å². The number of urea groups is 1. The van der Waals surface area contributed by atoms with Crippen LogP contribution in [0.25, 0.3) is 10.9 Å². The maximum absolute atomic E-state index is 12.6. The Bertz CT molecular complexity index is 1240.